The van der Waals surface area contributed by atoms with Crippen LogP contribution >= 0.6 is 0 Å². The number of fused-ring (bicyclic) bond motifs is 1. The average Bonchev–Trinajstić information content (AvgIpc) is 3.03. The molecule has 0 N–H and O–H groups in total. The third kappa shape index (κ3) is 3.81. The Balaban J connectivity index is 1.90. The molecule has 0 aromatic rings. The first-order valence-electron chi connectivity index (χ1n) is 8.48. The molecule has 5 atom stereocenters. The lowest BCUT2D eigenvalue weighted by molar-refractivity contribution is -0.164. The maximum Gasteiger partial charge on any atom is 0.311 e. The molecule has 2 rings (SSSR count). The molecule has 0 aromatic heterocycles. The van der Waals surface area contributed by atoms with Crippen LogP contribution in [-0.2, 0) is 23.7 Å². The van der Waals surface area contributed by atoms with Crippen LogP contribution in [-0.4, -0.2) is 49.7 Å². The Morgan fingerprint density at radius 1 is 1.18 bits per heavy atom. The molecule has 0 aromatic carbocycles. The summed E-state index contributed by atoms with van der Waals surface area (Å²) in [6.45, 7) is 11.0. The van der Waals surface area contributed by atoms with E-state index < -0.39 is 5.41 Å². The zero-order valence-electron chi connectivity index (χ0n) is 14.5. The highest BCUT2D eigenvalue weighted by atomic mass is 16.7. The Morgan fingerprint density at radius 3 is 2.36 bits per heavy atom. The third-order valence-corrected chi connectivity index (χ3v) is 4.63. The highest BCUT2D eigenvalue weighted by Gasteiger charge is 2.51. The molecule has 0 spiro atoms. The molecule has 0 saturated carbocycles. The van der Waals surface area contributed by atoms with E-state index in [9.17, 15) is 4.79 Å². The van der Waals surface area contributed by atoms with Gasteiger partial charge in [-0.05, 0) is 33.6 Å². The van der Waals surface area contributed by atoms with Gasteiger partial charge in [-0.3, -0.25) is 4.79 Å². The van der Waals surface area contributed by atoms with E-state index in [-0.39, 0.29) is 36.5 Å². The molecule has 0 radical (unpaired) electrons. The molecule has 0 amide bonds. The van der Waals surface area contributed by atoms with Gasteiger partial charge in [0.05, 0.1) is 24.7 Å². The zero-order valence-corrected chi connectivity index (χ0v) is 14.5. The second-order valence-electron chi connectivity index (χ2n) is 7.07. The summed E-state index contributed by atoms with van der Waals surface area (Å²) in [4.78, 5) is 12.3. The fraction of sp³-hybridized carbons (Fsp3) is 0.941. The zero-order chi connectivity index (χ0) is 16.3. The summed E-state index contributed by atoms with van der Waals surface area (Å²) in [5, 5.41) is 0. The van der Waals surface area contributed by atoms with E-state index in [1.807, 2.05) is 20.8 Å². The Labute approximate surface area is 133 Å². The van der Waals surface area contributed by atoms with Gasteiger partial charge in [0.1, 0.15) is 18.3 Å². The van der Waals surface area contributed by atoms with Crippen LogP contribution in [0.2, 0.25) is 0 Å². The molecule has 2 aliphatic rings. The standard InChI is InChI=1S/C17H30O5/c1-6-8-17(4,5)16(18)22-13-10-20-14-12(9-19-15(13)14)21-11(3)7-2/h11-15H,6-10H2,1-5H3. The van der Waals surface area contributed by atoms with Crippen LogP contribution in [0.15, 0.2) is 0 Å². The van der Waals surface area contributed by atoms with Gasteiger partial charge >= 0.3 is 5.97 Å². The average molecular weight is 314 g/mol. The molecule has 5 unspecified atom stereocenters. The van der Waals surface area contributed by atoms with Crippen molar-refractivity contribution < 1.29 is 23.7 Å². The van der Waals surface area contributed by atoms with Gasteiger partial charge < -0.3 is 18.9 Å². The molecule has 2 fully saturated rings. The number of ether oxygens (including phenoxy) is 4. The number of hydrogen-bond donors (Lipinski definition) is 0. The van der Waals surface area contributed by atoms with Gasteiger partial charge in [0.15, 0.2) is 6.10 Å². The first kappa shape index (κ1) is 17.7. The molecule has 5 heteroatoms. The Morgan fingerprint density at radius 2 is 1.77 bits per heavy atom. The number of carbonyl (C=O) groups is 1. The Kier molecular flexibility index (Phi) is 5.86. The van der Waals surface area contributed by atoms with E-state index in [0.717, 1.165) is 19.3 Å². The molecule has 2 heterocycles. The fourth-order valence-corrected chi connectivity index (χ4v) is 3.07. The van der Waals surface area contributed by atoms with Crippen LogP contribution in [0.25, 0.3) is 0 Å². The van der Waals surface area contributed by atoms with Crippen molar-refractivity contribution in [1.82, 2.24) is 0 Å². The second kappa shape index (κ2) is 7.28. The van der Waals surface area contributed by atoms with Gasteiger partial charge in [0.2, 0.25) is 0 Å². The van der Waals surface area contributed by atoms with E-state index in [1.165, 1.54) is 0 Å². The van der Waals surface area contributed by atoms with Gasteiger partial charge in [-0.1, -0.05) is 20.3 Å². The highest BCUT2D eigenvalue weighted by Crippen LogP contribution is 2.33. The molecule has 0 aliphatic carbocycles. The molecule has 128 valence electrons. The summed E-state index contributed by atoms with van der Waals surface area (Å²) in [6, 6.07) is 0. The summed E-state index contributed by atoms with van der Waals surface area (Å²) in [7, 11) is 0. The van der Waals surface area contributed by atoms with Crippen molar-refractivity contribution in [2.75, 3.05) is 13.2 Å². The smallest absolute Gasteiger partial charge is 0.311 e. The Bertz CT molecular complexity index is 381. The molecular formula is C17H30O5. The topological polar surface area (TPSA) is 54.0 Å². The van der Waals surface area contributed by atoms with Crippen molar-refractivity contribution in [1.29, 1.82) is 0 Å². The quantitative estimate of drug-likeness (QED) is 0.676. The van der Waals surface area contributed by atoms with Crippen molar-refractivity contribution in [3.8, 4) is 0 Å². The summed E-state index contributed by atoms with van der Waals surface area (Å²) in [5.74, 6) is -0.168. The minimum Gasteiger partial charge on any atom is -0.457 e. The molecule has 22 heavy (non-hydrogen) atoms. The van der Waals surface area contributed by atoms with E-state index in [0.29, 0.717) is 13.2 Å². The number of carbonyl (C=O) groups excluding carboxylic acids is 1. The second-order valence-corrected chi connectivity index (χ2v) is 7.07. The summed E-state index contributed by atoms with van der Waals surface area (Å²) in [6.07, 6.45) is 2.20. The number of esters is 1. The van der Waals surface area contributed by atoms with Crippen LogP contribution in [0.4, 0.5) is 0 Å². The summed E-state index contributed by atoms with van der Waals surface area (Å²) in [5.41, 5.74) is -0.460. The van der Waals surface area contributed by atoms with Crippen molar-refractivity contribution in [2.24, 2.45) is 5.41 Å². The van der Waals surface area contributed by atoms with Crippen molar-refractivity contribution >= 4 is 5.97 Å². The van der Waals surface area contributed by atoms with Gasteiger partial charge in [-0.25, -0.2) is 0 Å². The first-order valence-corrected chi connectivity index (χ1v) is 8.48. The lowest BCUT2D eigenvalue weighted by Gasteiger charge is -2.25. The van der Waals surface area contributed by atoms with E-state index in [2.05, 4.69) is 13.8 Å². The first-order chi connectivity index (χ1) is 10.4. The minimum absolute atomic E-state index is 0.0627. The van der Waals surface area contributed by atoms with E-state index in [1.54, 1.807) is 0 Å². The maximum absolute atomic E-state index is 12.3. The Hall–Kier alpha value is -0.650. The highest BCUT2D eigenvalue weighted by molar-refractivity contribution is 5.76. The summed E-state index contributed by atoms with van der Waals surface area (Å²) >= 11 is 0. The molecule has 5 nitrogen and oxygen atoms in total. The van der Waals surface area contributed by atoms with Crippen LogP contribution in [0.3, 0.4) is 0 Å². The third-order valence-electron chi connectivity index (χ3n) is 4.63. The van der Waals surface area contributed by atoms with E-state index >= 15 is 0 Å². The lowest BCUT2D eigenvalue weighted by atomic mass is 9.88. The number of rotatable bonds is 7. The van der Waals surface area contributed by atoms with Crippen LogP contribution < -0.4 is 0 Å². The lowest BCUT2D eigenvalue weighted by Crippen LogP contribution is -2.38. The van der Waals surface area contributed by atoms with Crippen LogP contribution in [0, 0.1) is 5.41 Å². The van der Waals surface area contributed by atoms with Gasteiger partial charge in [-0.2, -0.15) is 0 Å². The largest absolute Gasteiger partial charge is 0.457 e. The normalized spacial score (nSPS) is 32.8. The van der Waals surface area contributed by atoms with Crippen molar-refractivity contribution in [2.45, 2.75) is 84.4 Å². The SMILES string of the molecule is CCCC(C)(C)C(=O)OC1COC2C(OC(C)CC)COC12. The minimum atomic E-state index is -0.460. The van der Waals surface area contributed by atoms with Crippen molar-refractivity contribution in [3.63, 3.8) is 0 Å². The van der Waals surface area contributed by atoms with Crippen molar-refractivity contribution in [3.05, 3.63) is 0 Å². The number of hydrogen-bond acceptors (Lipinski definition) is 5. The van der Waals surface area contributed by atoms with Gasteiger partial charge in [0.25, 0.3) is 0 Å². The van der Waals surface area contributed by atoms with E-state index in [4.69, 9.17) is 18.9 Å². The summed E-state index contributed by atoms with van der Waals surface area (Å²) < 4.78 is 23.2. The molecule has 2 aliphatic heterocycles. The van der Waals surface area contributed by atoms with Gasteiger partial charge in [0, 0.05) is 0 Å². The van der Waals surface area contributed by atoms with Gasteiger partial charge in [-0.15, -0.1) is 0 Å². The van der Waals surface area contributed by atoms with Crippen LogP contribution in [0.5, 0.6) is 0 Å². The fourth-order valence-electron chi connectivity index (χ4n) is 3.07. The monoisotopic (exact) mass is 314 g/mol. The maximum atomic E-state index is 12.3. The molecule has 0 bridgehead atoms. The molecular weight excluding hydrogens is 284 g/mol. The molecule has 2 saturated heterocycles. The predicted molar refractivity (Wildman–Crippen MR) is 82.7 cm³/mol. The predicted octanol–water partition coefficient (Wildman–Crippen LogP) is 2.71. The van der Waals surface area contributed by atoms with Crippen LogP contribution in [0.1, 0.15) is 53.9 Å².